The summed E-state index contributed by atoms with van der Waals surface area (Å²) in [5, 5.41) is 1.94. The first-order valence-electron chi connectivity index (χ1n) is 13.5. The van der Waals surface area contributed by atoms with Crippen LogP contribution in [-0.4, -0.2) is 33.2 Å². The molecule has 0 amide bonds. The first-order valence-corrected chi connectivity index (χ1v) is 13.5. The van der Waals surface area contributed by atoms with Crippen molar-refractivity contribution in [2.24, 2.45) is 0 Å². The van der Waals surface area contributed by atoms with Crippen LogP contribution in [0.4, 0.5) is 5.69 Å². The molecular weight excluding hydrogens is 470 g/mol. The van der Waals surface area contributed by atoms with Crippen LogP contribution >= 0.6 is 0 Å². The number of piperidine rings is 1. The van der Waals surface area contributed by atoms with Gasteiger partial charge in [-0.25, -0.2) is 4.79 Å². The van der Waals surface area contributed by atoms with E-state index in [4.69, 9.17) is 9.47 Å². The fourth-order valence-electron chi connectivity index (χ4n) is 6.14. The van der Waals surface area contributed by atoms with E-state index in [1.807, 2.05) is 36.4 Å². The van der Waals surface area contributed by atoms with Crippen molar-refractivity contribution in [1.82, 2.24) is 4.48 Å². The van der Waals surface area contributed by atoms with Crippen LogP contribution < -0.4 is 9.22 Å². The molecule has 4 nitrogen and oxygen atoms in total. The Morgan fingerprint density at radius 1 is 0.895 bits per heavy atom. The van der Waals surface area contributed by atoms with Gasteiger partial charge in [-0.15, -0.1) is 0 Å². The normalized spacial score (nSPS) is 20.0. The van der Waals surface area contributed by atoms with Crippen LogP contribution in [0.15, 0.2) is 84.9 Å². The maximum atomic E-state index is 12.8. The molecular formula is C34H34NO3+. The van der Waals surface area contributed by atoms with Crippen molar-refractivity contribution in [3.05, 3.63) is 113 Å². The molecule has 2 aliphatic heterocycles. The Balaban J connectivity index is 1.54. The predicted molar refractivity (Wildman–Crippen MR) is 155 cm³/mol. The molecule has 0 aromatic heterocycles. The number of ether oxygens (including phenoxy) is 2. The lowest BCUT2D eigenvalue weighted by molar-refractivity contribution is 0.0599. The minimum absolute atomic E-state index is 0.368. The van der Waals surface area contributed by atoms with Crippen LogP contribution in [-0.2, 0) is 10.3 Å². The Hall–Kier alpha value is -3.89. The quantitative estimate of drug-likeness (QED) is 0.214. The summed E-state index contributed by atoms with van der Waals surface area (Å²) in [6.45, 7) is 4.43. The monoisotopic (exact) mass is 504 g/mol. The number of carbonyl (C=O) groups is 1. The van der Waals surface area contributed by atoms with Gasteiger partial charge in [0.2, 0.25) is 0 Å². The Bertz CT molecular complexity index is 1530. The molecule has 0 spiro atoms. The molecule has 192 valence electrons. The Morgan fingerprint density at radius 3 is 2.32 bits per heavy atom. The number of methoxy groups -OCH3 is 1. The summed E-state index contributed by atoms with van der Waals surface area (Å²) < 4.78 is 13.2. The summed E-state index contributed by atoms with van der Waals surface area (Å²) >= 11 is 0. The first kappa shape index (κ1) is 24.4. The lowest BCUT2D eigenvalue weighted by Gasteiger charge is -2.39. The van der Waals surface area contributed by atoms with E-state index in [9.17, 15) is 4.79 Å². The number of esters is 1. The number of benzene rings is 4. The number of rotatable bonds is 4. The molecule has 0 saturated carbocycles. The van der Waals surface area contributed by atoms with E-state index in [-0.39, 0.29) is 5.97 Å². The highest BCUT2D eigenvalue weighted by Crippen LogP contribution is 2.47. The summed E-state index contributed by atoms with van der Waals surface area (Å²) in [6, 6.07) is 27.4. The standard InChI is InChI=1S/C34H34NO3/c1-24-12-13-25-23-31(33(36)37-3)29-18-19-34(26-10-6-4-7-11-26,38-32(29)30(25)22-24)27-14-16-28(17-15-27)35(2)20-8-5-9-21-35/h4,6-7,10-19,22-23H,5,8-9,20-21H2,1-3H3/q+1. The second-order valence-corrected chi connectivity index (χ2v) is 10.9. The fraction of sp³-hybridized carbons (Fsp3) is 0.265. The average Bonchev–Trinajstić information content (AvgIpc) is 2.97. The second-order valence-electron chi connectivity index (χ2n) is 10.9. The number of likely N-dealkylation sites (tertiary alicyclic amines) is 1. The SMILES string of the molecule is COC(=O)c1cc2ccc(C)cc2c2c1C=CC(c1ccccc1)(c1ccc([N+]3(C)CCCCC3)cc1)O2. The van der Waals surface area contributed by atoms with Crippen molar-refractivity contribution in [2.45, 2.75) is 31.8 Å². The average molecular weight is 505 g/mol. The summed E-state index contributed by atoms with van der Waals surface area (Å²) in [6.07, 6.45) is 7.98. The number of hydrogen-bond acceptors (Lipinski definition) is 3. The Morgan fingerprint density at radius 2 is 1.61 bits per heavy atom. The van der Waals surface area contributed by atoms with Crippen molar-refractivity contribution in [3.8, 4) is 5.75 Å². The zero-order chi connectivity index (χ0) is 26.3. The first-order chi connectivity index (χ1) is 18.4. The van der Waals surface area contributed by atoms with Gasteiger partial charge in [0.25, 0.3) is 0 Å². The smallest absolute Gasteiger partial charge is 0.338 e. The maximum absolute atomic E-state index is 12.8. The van der Waals surface area contributed by atoms with E-state index in [0.717, 1.165) is 37.5 Å². The zero-order valence-corrected chi connectivity index (χ0v) is 22.4. The molecule has 38 heavy (non-hydrogen) atoms. The number of carbonyl (C=O) groups excluding carboxylic acids is 1. The van der Waals surface area contributed by atoms with Gasteiger partial charge < -0.3 is 9.47 Å². The summed E-state index contributed by atoms with van der Waals surface area (Å²) in [4.78, 5) is 12.8. The molecule has 1 fully saturated rings. The van der Waals surface area contributed by atoms with Crippen LogP contribution in [0.1, 0.15) is 51.9 Å². The van der Waals surface area contributed by atoms with Crippen LogP contribution in [0.25, 0.3) is 16.8 Å². The highest BCUT2D eigenvalue weighted by molar-refractivity contribution is 6.04. The number of hydrogen-bond donors (Lipinski definition) is 0. The van der Waals surface area contributed by atoms with E-state index in [0.29, 0.717) is 11.3 Å². The van der Waals surface area contributed by atoms with Gasteiger partial charge in [0.15, 0.2) is 5.60 Å². The molecule has 0 radical (unpaired) electrons. The Kier molecular flexibility index (Phi) is 6.08. The van der Waals surface area contributed by atoms with Crippen LogP contribution in [0.2, 0.25) is 0 Å². The van der Waals surface area contributed by atoms with Gasteiger partial charge in [0.1, 0.15) is 11.4 Å². The van der Waals surface area contributed by atoms with Crippen molar-refractivity contribution in [3.63, 3.8) is 0 Å². The van der Waals surface area contributed by atoms with Crippen molar-refractivity contribution in [2.75, 3.05) is 27.2 Å². The third kappa shape index (κ3) is 4.00. The highest BCUT2D eigenvalue weighted by atomic mass is 16.5. The molecule has 1 saturated heterocycles. The van der Waals surface area contributed by atoms with Crippen LogP contribution in [0.3, 0.4) is 0 Å². The van der Waals surface area contributed by atoms with Crippen LogP contribution in [0, 0.1) is 6.92 Å². The molecule has 6 rings (SSSR count). The zero-order valence-electron chi connectivity index (χ0n) is 22.4. The number of fused-ring (bicyclic) bond motifs is 3. The molecule has 1 atom stereocenters. The van der Waals surface area contributed by atoms with Crippen molar-refractivity contribution >= 4 is 28.5 Å². The van der Waals surface area contributed by atoms with Gasteiger partial charge in [0.05, 0.1) is 32.8 Å². The summed E-state index contributed by atoms with van der Waals surface area (Å²) in [5.74, 6) is 0.337. The van der Waals surface area contributed by atoms with E-state index in [1.165, 1.54) is 45.1 Å². The minimum atomic E-state index is -0.835. The van der Waals surface area contributed by atoms with E-state index < -0.39 is 5.60 Å². The third-order valence-electron chi connectivity index (χ3n) is 8.37. The van der Waals surface area contributed by atoms with Crippen molar-refractivity contribution in [1.29, 1.82) is 0 Å². The topological polar surface area (TPSA) is 35.5 Å². The number of quaternary nitrogens is 1. The third-order valence-corrected chi connectivity index (χ3v) is 8.37. The van der Waals surface area contributed by atoms with Gasteiger partial charge >= 0.3 is 5.97 Å². The van der Waals surface area contributed by atoms with Crippen molar-refractivity contribution < 1.29 is 14.3 Å². The van der Waals surface area contributed by atoms with E-state index in [1.54, 1.807) is 0 Å². The van der Waals surface area contributed by atoms with Gasteiger partial charge in [-0.3, -0.25) is 4.48 Å². The van der Waals surface area contributed by atoms with Gasteiger partial charge in [-0.1, -0.05) is 48.0 Å². The number of nitrogens with zero attached hydrogens (tertiary/aromatic N) is 1. The van der Waals surface area contributed by atoms with E-state index >= 15 is 0 Å². The molecule has 0 aliphatic carbocycles. The summed E-state index contributed by atoms with van der Waals surface area (Å²) in [5.41, 5.74) is 5.00. The molecule has 4 aromatic rings. The molecule has 0 bridgehead atoms. The maximum Gasteiger partial charge on any atom is 0.338 e. The van der Waals surface area contributed by atoms with E-state index in [2.05, 4.69) is 68.6 Å². The fourth-order valence-corrected chi connectivity index (χ4v) is 6.14. The van der Waals surface area contributed by atoms with Gasteiger partial charge in [-0.05, 0) is 80.1 Å². The number of aryl methyl sites for hydroxylation is 1. The van der Waals surface area contributed by atoms with Gasteiger partial charge in [-0.2, -0.15) is 0 Å². The highest BCUT2D eigenvalue weighted by Gasteiger charge is 2.39. The predicted octanol–water partition coefficient (Wildman–Crippen LogP) is 7.41. The minimum Gasteiger partial charge on any atom is -0.472 e. The molecule has 0 N–H and O–H groups in total. The van der Waals surface area contributed by atoms with Gasteiger partial charge in [0, 0.05) is 22.1 Å². The largest absolute Gasteiger partial charge is 0.472 e. The molecule has 2 aliphatic rings. The molecule has 2 heterocycles. The second kappa shape index (κ2) is 9.45. The Labute approximate surface area is 224 Å². The lowest BCUT2D eigenvalue weighted by atomic mass is 9.82. The lowest BCUT2D eigenvalue weighted by Crippen LogP contribution is -2.49. The molecule has 4 aromatic carbocycles. The molecule has 4 heteroatoms. The summed E-state index contributed by atoms with van der Waals surface area (Å²) in [7, 11) is 3.76. The van der Waals surface area contributed by atoms with Crippen LogP contribution in [0.5, 0.6) is 5.75 Å². The molecule has 1 unspecified atom stereocenters.